The fraction of sp³-hybridized carbons (Fsp3) is 0.273. The number of quaternary nitrogens is 1. The zero-order chi connectivity index (χ0) is 22.6. The number of ether oxygens (including phenoxy) is 3. The van der Waals surface area contributed by atoms with Gasteiger partial charge in [-0.2, -0.15) is 0 Å². The molecule has 32 heavy (non-hydrogen) atoms. The molecule has 3 aromatic rings. The zero-order valence-electron chi connectivity index (χ0n) is 17.4. The van der Waals surface area contributed by atoms with E-state index in [4.69, 9.17) is 14.2 Å². The topological polar surface area (TPSA) is 107 Å². The number of benzene rings is 2. The summed E-state index contributed by atoms with van der Waals surface area (Å²) in [5.41, 5.74) is -0.392. The zero-order valence-corrected chi connectivity index (χ0v) is 17.4. The van der Waals surface area contributed by atoms with E-state index < -0.39 is 29.0 Å². The van der Waals surface area contributed by atoms with Crippen molar-refractivity contribution in [3.05, 3.63) is 73.7 Å². The molecule has 2 aliphatic heterocycles. The number of nitrogens with zero attached hydrogens (tertiary/aromatic N) is 1. The molecule has 1 unspecified atom stereocenters. The second-order valence-electron chi connectivity index (χ2n) is 7.78. The molecule has 10 heteroatoms. The van der Waals surface area contributed by atoms with Crippen molar-refractivity contribution in [1.29, 1.82) is 0 Å². The molecule has 0 aliphatic carbocycles. The van der Waals surface area contributed by atoms with E-state index >= 15 is 0 Å². The van der Waals surface area contributed by atoms with Gasteiger partial charge < -0.3 is 24.2 Å². The van der Waals surface area contributed by atoms with E-state index in [0.717, 1.165) is 15.0 Å². The van der Waals surface area contributed by atoms with E-state index in [-0.39, 0.29) is 18.0 Å². The van der Waals surface area contributed by atoms with Crippen molar-refractivity contribution in [1.82, 2.24) is 9.55 Å². The van der Waals surface area contributed by atoms with Gasteiger partial charge in [0.2, 0.25) is 18.4 Å². The maximum absolute atomic E-state index is 14.5. The minimum absolute atomic E-state index is 0.0476. The normalized spacial score (nSPS) is 19.0. The smallest absolute Gasteiger partial charge is 0.335 e. The number of likely N-dealkylation sites (N-methyl/N-ethyl adjacent to an activating group) is 1. The Kier molecular flexibility index (Phi) is 4.66. The van der Waals surface area contributed by atoms with Gasteiger partial charge in [0.1, 0.15) is 11.4 Å². The van der Waals surface area contributed by atoms with Gasteiger partial charge in [-0.05, 0) is 23.8 Å². The Morgan fingerprint density at radius 3 is 2.78 bits per heavy atom. The van der Waals surface area contributed by atoms with Crippen LogP contribution in [0.2, 0.25) is 0 Å². The molecule has 166 valence electrons. The van der Waals surface area contributed by atoms with Crippen molar-refractivity contribution in [2.45, 2.75) is 12.5 Å². The molecular formula is C22H21FN3O6+. The molecular weight excluding hydrogens is 421 g/mol. The average Bonchev–Trinajstić information content (AvgIpc) is 3.23. The highest BCUT2D eigenvalue weighted by atomic mass is 19.1. The van der Waals surface area contributed by atoms with E-state index in [1.165, 1.54) is 31.4 Å². The Bertz CT molecular complexity index is 1350. The summed E-state index contributed by atoms with van der Waals surface area (Å²) in [6.45, 7) is 0.685. The summed E-state index contributed by atoms with van der Waals surface area (Å²) in [5.74, 6) is 0.0357. The van der Waals surface area contributed by atoms with Crippen LogP contribution < -0.4 is 30.4 Å². The second kappa shape index (κ2) is 7.41. The van der Waals surface area contributed by atoms with E-state index in [9.17, 15) is 19.1 Å². The first-order valence-electron chi connectivity index (χ1n) is 10.1. The number of para-hydroxylation sites is 1. The van der Waals surface area contributed by atoms with Crippen LogP contribution in [0.5, 0.6) is 23.1 Å². The first-order valence-corrected chi connectivity index (χ1v) is 10.1. The Hall–Kier alpha value is -3.79. The van der Waals surface area contributed by atoms with Gasteiger partial charge in [-0.1, -0.05) is 12.1 Å². The van der Waals surface area contributed by atoms with Crippen LogP contribution in [0, 0.1) is 5.82 Å². The molecule has 2 aromatic carbocycles. The maximum atomic E-state index is 14.5. The molecule has 0 radical (unpaired) electrons. The van der Waals surface area contributed by atoms with Crippen molar-refractivity contribution in [2.24, 2.45) is 0 Å². The third-order valence-electron chi connectivity index (χ3n) is 6.02. The Balaban J connectivity index is 1.81. The second-order valence-corrected chi connectivity index (χ2v) is 7.78. The Morgan fingerprint density at radius 2 is 2.03 bits per heavy atom. The van der Waals surface area contributed by atoms with Crippen LogP contribution in [0.15, 0.2) is 39.9 Å². The third kappa shape index (κ3) is 2.87. The highest BCUT2D eigenvalue weighted by Crippen LogP contribution is 2.48. The van der Waals surface area contributed by atoms with Gasteiger partial charge in [0.15, 0.2) is 17.5 Å². The van der Waals surface area contributed by atoms with E-state index in [1.807, 2.05) is 13.1 Å². The van der Waals surface area contributed by atoms with E-state index in [2.05, 4.69) is 4.98 Å². The first kappa shape index (κ1) is 20.1. The molecule has 2 atom stereocenters. The molecule has 0 fully saturated rings. The van der Waals surface area contributed by atoms with Crippen LogP contribution in [0.1, 0.15) is 22.7 Å². The summed E-state index contributed by atoms with van der Waals surface area (Å²) in [4.78, 5) is 28.7. The molecule has 3 N–H and O–H groups in total. The lowest BCUT2D eigenvalue weighted by Gasteiger charge is -2.33. The summed E-state index contributed by atoms with van der Waals surface area (Å²) in [6.07, 6.45) is 0.677. The van der Waals surface area contributed by atoms with Crippen LogP contribution in [0.25, 0.3) is 5.69 Å². The van der Waals surface area contributed by atoms with Crippen LogP contribution in [0.4, 0.5) is 4.39 Å². The molecule has 0 saturated heterocycles. The van der Waals surface area contributed by atoms with Crippen LogP contribution in [-0.2, 0) is 6.42 Å². The average molecular weight is 442 g/mol. The molecule has 0 spiro atoms. The van der Waals surface area contributed by atoms with Gasteiger partial charge >= 0.3 is 5.69 Å². The summed E-state index contributed by atoms with van der Waals surface area (Å²) >= 11 is 0. The molecule has 2 aliphatic rings. The number of H-pyrrole nitrogens is 1. The highest BCUT2D eigenvalue weighted by Gasteiger charge is 2.41. The molecule has 0 bridgehead atoms. The lowest BCUT2D eigenvalue weighted by atomic mass is 9.87. The number of halogens is 1. The number of methoxy groups -OCH3 is 1. The highest BCUT2D eigenvalue weighted by molar-refractivity contribution is 5.63. The molecule has 3 heterocycles. The molecule has 0 amide bonds. The standard InChI is InChI=1S/C22H20FN3O6/c1-25-8-7-11-9-14-18(32-10-31-14)19(30-2)15(11)17(25)16-20(27)24-22(29)26(21(16)28)13-6-4-3-5-12(13)23/h3-6,9,17,28H,7-8,10H2,1-2H3,(H,24,27,29)/p+1/t17-/m0/s1. The minimum Gasteiger partial charge on any atom is -0.494 e. The van der Waals surface area contributed by atoms with Crippen molar-refractivity contribution in [3.63, 3.8) is 0 Å². The van der Waals surface area contributed by atoms with Gasteiger partial charge in [-0.25, -0.2) is 13.8 Å². The van der Waals surface area contributed by atoms with Crippen molar-refractivity contribution < 1.29 is 28.6 Å². The third-order valence-corrected chi connectivity index (χ3v) is 6.02. The lowest BCUT2D eigenvalue weighted by Crippen LogP contribution is -3.10. The number of aromatic amines is 1. The predicted octanol–water partition coefficient (Wildman–Crippen LogP) is 0.268. The number of rotatable bonds is 3. The Labute approximate surface area is 181 Å². The number of aromatic hydroxyl groups is 1. The van der Waals surface area contributed by atoms with Gasteiger partial charge in [-0.3, -0.25) is 9.78 Å². The number of hydrogen-bond donors (Lipinski definition) is 3. The monoisotopic (exact) mass is 442 g/mol. The van der Waals surface area contributed by atoms with Crippen LogP contribution in [0.3, 0.4) is 0 Å². The number of nitrogens with one attached hydrogen (secondary N) is 2. The quantitative estimate of drug-likeness (QED) is 0.538. The maximum Gasteiger partial charge on any atom is 0.335 e. The fourth-order valence-electron chi connectivity index (χ4n) is 4.57. The van der Waals surface area contributed by atoms with E-state index in [1.54, 1.807) is 0 Å². The van der Waals surface area contributed by atoms with Crippen molar-refractivity contribution in [2.75, 3.05) is 27.5 Å². The van der Waals surface area contributed by atoms with Crippen molar-refractivity contribution in [3.8, 4) is 28.8 Å². The Morgan fingerprint density at radius 1 is 1.25 bits per heavy atom. The number of fused-ring (bicyclic) bond motifs is 2. The first-order chi connectivity index (χ1) is 15.4. The molecule has 1 aromatic heterocycles. The molecule has 5 rings (SSSR count). The fourth-order valence-corrected chi connectivity index (χ4v) is 4.57. The largest absolute Gasteiger partial charge is 0.494 e. The van der Waals surface area contributed by atoms with Gasteiger partial charge in [0.05, 0.1) is 32.0 Å². The van der Waals surface area contributed by atoms with Gasteiger partial charge in [0, 0.05) is 6.42 Å². The summed E-state index contributed by atoms with van der Waals surface area (Å²) in [7, 11) is 3.36. The van der Waals surface area contributed by atoms with Crippen molar-refractivity contribution >= 4 is 0 Å². The number of hydrogen-bond acceptors (Lipinski definition) is 6. The van der Waals surface area contributed by atoms with Crippen LogP contribution in [-0.4, -0.2) is 42.2 Å². The SMILES string of the molecule is COc1c2c(cc3c1[C@@H](c1c(O)n(-c4ccccc4F)c(=O)[nH]c1=O)[NH+](C)CC3)OCO2. The molecule has 9 nitrogen and oxygen atoms in total. The van der Waals surface area contributed by atoms with Crippen LogP contribution >= 0.6 is 0 Å². The van der Waals surface area contributed by atoms with E-state index in [0.29, 0.717) is 35.8 Å². The number of aromatic nitrogens is 2. The molecule has 0 saturated carbocycles. The van der Waals surface area contributed by atoms with Gasteiger partial charge in [-0.15, -0.1) is 0 Å². The summed E-state index contributed by atoms with van der Waals surface area (Å²) < 4.78 is 32.0. The van der Waals surface area contributed by atoms with Gasteiger partial charge in [0.25, 0.3) is 5.56 Å². The summed E-state index contributed by atoms with van der Waals surface area (Å²) in [5, 5.41) is 11.1. The predicted molar refractivity (Wildman–Crippen MR) is 111 cm³/mol. The summed E-state index contributed by atoms with van der Waals surface area (Å²) in [6, 6.07) is 6.66. The lowest BCUT2D eigenvalue weighted by molar-refractivity contribution is -0.908. The minimum atomic E-state index is -0.937.